The molecule has 2 aromatic carbocycles. The summed E-state index contributed by atoms with van der Waals surface area (Å²) in [7, 11) is -4.31. The van der Waals surface area contributed by atoms with Crippen LogP contribution in [-0.4, -0.2) is 34.9 Å². The highest BCUT2D eigenvalue weighted by atomic mass is 31.2. The second-order valence-corrected chi connectivity index (χ2v) is 6.59. The fraction of sp³-hybridized carbons (Fsp3) is 0.143. The smallest absolute Gasteiger partial charge is 0.302 e. The molecule has 2 aromatic heterocycles. The monoisotopic (exact) mass is 360 g/mol. The molecule has 0 saturated heterocycles. The SMILES string of the molecule is O=P(O)(OCn1nnc2ccccc21)OCn1nnc2ccccc21. The maximum Gasteiger partial charge on any atom is 0.475 e. The molecule has 0 aliphatic rings. The highest BCUT2D eigenvalue weighted by molar-refractivity contribution is 7.47. The molecular formula is C14H13N6O4P. The van der Waals surface area contributed by atoms with Crippen LogP contribution in [0.15, 0.2) is 48.5 Å². The van der Waals surface area contributed by atoms with Gasteiger partial charge in [0.05, 0.1) is 11.0 Å². The molecule has 0 atom stereocenters. The van der Waals surface area contributed by atoms with Crippen molar-refractivity contribution in [1.82, 2.24) is 30.0 Å². The van der Waals surface area contributed by atoms with Crippen molar-refractivity contribution in [2.24, 2.45) is 0 Å². The van der Waals surface area contributed by atoms with Gasteiger partial charge in [0, 0.05) is 0 Å². The number of phosphoric ester groups is 1. The Morgan fingerprint density at radius 1 is 0.840 bits per heavy atom. The second kappa shape index (κ2) is 6.34. The van der Waals surface area contributed by atoms with E-state index in [9.17, 15) is 9.46 Å². The van der Waals surface area contributed by atoms with Gasteiger partial charge in [0.1, 0.15) is 11.0 Å². The number of hydrogen-bond donors (Lipinski definition) is 1. The van der Waals surface area contributed by atoms with E-state index >= 15 is 0 Å². The van der Waals surface area contributed by atoms with E-state index in [-0.39, 0.29) is 13.5 Å². The number of phosphoric acid groups is 1. The summed E-state index contributed by atoms with van der Waals surface area (Å²) in [5.41, 5.74) is 2.69. The number of para-hydroxylation sites is 2. The van der Waals surface area contributed by atoms with E-state index in [1.54, 1.807) is 24.3 Å². The first-order valence-corrected chi connectivity index (χ1v) is 8.80. The van der Waals surface area contributed by atoms with Crippen LogP contribution < -0.4 is 0 Å². The second-order valence-electron chi connectivity index (χ2n) is 5.14. The van der Waals surface area contributed by atoms with Crippen LogP contribution in [0.5, 0.6) is 0 Å². The average molecular weight is 360 g/mol. The molecule has 4 aromatic rings. The summed E-state index contributed by atoms with van der Waals surface area (Å²) in [6.45, 7) is -0.543. The van der Waals surface area contributed by atoms with E-state index in [4.69, 9.17) is 9.05 Å². The van der Waals surface area contributed by atoms with Crippen molar-refractivity contribution < 1.29 is 18.5 Å². The summed E-state index contributed by atoms with van der Waals surface area (Å²) in [5.74, 6) is 0. The minimum absolute atomic E-state index is 0.271. The Morgan fingerprint density at radius 2 is 1.28 bits per heavy atom. The number of aromatic nitrogens is 6. The minimum atomic E-state index is -4.31. The van der Waals surface area contributed by atoms with Gasteiger partial charge in [-0.1, -0.05) is 34.7 Å². The zero-order valence-corrected chi connectivity index (χ0v) is 13.7. The van der Waals surface area contributed by atoms with E-state index < -0.39 is 7.82 Å². The number of fused-ring (bicyclic) bond motifs is 2. The fourth-order valence-corrected chi connectivity index (χ4v) is 2.90. The molecule has 10 nitrogen and oxygen atoms in total. The van der Waals surface area contributed by atoms with Crippen LogP contribution in [0.4, 0.5) is 0 Å². The predicted molar refractivity (Wildman–Crippen MR) is 87.1 cm³/mol. The van der Waals surface area contributed by atoms with Gasteiger partial charge in [-0.25, -0.2) is 13.9 Å². The number of hydrogen-bond acceptors (Lipinski definition) is 7. The Labute approximate surface area is 141 Å². The van der Waals surface area contributed by atoms with E-state index in [0.29, 0.717) is 22.1 Å². The van der Waals surface area contributed by atoms with Gasteiger partial charge in [0.2, 0.25) is 0 Å². The Morgan fingerprint density at radius 3 is 1.76 bits per heavy atom. The molecule has 0 aliphatic carbocycles. The predicted octanol–water partition coefficient (Wildman–Crippen LogP) is 1.92. The standard InChI is InChI=1S/C14H13N6O4P/c21-25(22,23-9-19-13-7-3-1-5-11(13)15-17-19)24-10-20-14-8-4-2-6-12(14)16-18-20/h1-8H,9-10H2,(H,21,22). The van der Waals surface area contributed by atoms with Gasteiger partial charge in [0.25, 0.3) is 0 Å². The van der Waals surface area contributed by atoms with Crippen molar-refractivity contribution in [3.05, 3.63) is 48.5 Å². The van der Waals surface area contributed by atoms with Gasteiger partial charge in [-0.2, -0.15) is 0 Å². The van der Waals surface area contributed by atoms with E-state index in [0.717, 1.165) is 0 Å². The van der Waals surface area contributed by atoms with Crippen LogP contribution in [-0.2, 0) is 27.1 Å². The minimum Gasteiger partial charge on any atom is -0.302 e. The summed E-state index contributed by atoms with van der Waals surface area (Å²) >= 11 is 0. The molecule has 2 heterocycles. The molecule has 11 heteroatoms. The van der Waals surface area contributed by atoms with Crippen molar-refractivity contribution in [3.63, 3.8) is 0 Å². The number of nitrogens with zero attached hydrogens (tertiary/aromatic N) is 6. The maximum atomic E-state index is 12.1. The lowest BCUT2D eigenvalue weighted by Crippen LogP contribution is -2.07. The topological polar surface area (TPSA) is 117 Å². The maximum absolute atomic E-state index is 12.1. The normalized spacial score (nSPS) is 12.2. The summed E-state index contributed by atoms with van der Waals surface area (Å²) < 4.78 is 24.8. The molecule has 1 N–H and O–H groups in total. The van der Waals surface area contributed by atoms with E-state index in [1.165, 1.54) is 9.36 Å². The first kappa shape index (κ1) is 15.9. The van der Waals surface area contributed by atoms with E-state index in [2.05, 4.69) is 20.6 Å². The molecule has 0 fully saturated rings. The first-order valence-electron chi connectivity index (χ1n) is 7.31. The molecular weight excluding hydrogens is 347 g/mol. The van der Waals surface area contributed by atoms with Crippen molar-refractivity contribution in [2.45, 2.75) is 13.5 Å². The lowest BCUT2D eigenvalue weighted by Gasteiger charge is -2.12. The molecule has 0 unspecified atom stereocenters. The zero-order valence-electron chi connectivity index (χ0n) is 12.8. The molecule has 0 saturated carbocycles. The van der Waals surface area contributed by atoms with Crippen LogP contribution in [0, 0.1) is 0 Å². The van der Waals surface area contributed by atoms with Gasteiger partial charge in [-0.3, -0.25) is 9.05 Å². The third kappa shape index (κ3) is 3.28. The van der Waals surface area contributed by atoms with Crippen molar-refractivity contribution in [3.8, 4) is 0 Å². The van der Waals surface area contributed by atoms with Crippen LogP contribution in [0.3, 0.4) is 0 Å². The largest absolute Gasteiger partial charge is 0.475 e. The van der Waals surface area contributed by atoms with Crippen molar-refractivity contribution >= 4 is 29.9 Å². The van der Waals surface area contributed by atoms with Crippen LogP contribution in [0.2, 0.25) is 0 Å². The van der Waals surface area contributed by atoms with E-state index in [1.807, 2.05) is 24.3 Å². The molecule has 4 rings (SSSR count). The van der Waals surface area contributed by atoms with Crippen LogP contribution in [0.25, 0.3) is 22.1 Å². The van der Waals surface area contributed by atoms with Crippen LogP contribution in [0.1, 0.15) is 0 Å². The molecule has 0 radical (unpaired) electrons. The average Bonchev–Trinajstić information content (AvgIpc) is 3.23. The zero-order chi connectivity index (χ0) is 17.3. The molecule has 128 valence electrons. The van der Waals surface area contributed by atoms with Gasteiger partial charge in [0.15, 0.2) is 13.5 Å². The summed E-state index contributed by atoms with van der Waals surface area (Å²) in [6, 6.07) is 14.4. The summed E-state index contributed by atoms with van der Waals surface area (Å²) in [6.07, 6.45) is 0. The van der Waals surface area contributed by atoms with Gasteiger partial charge < -0.3 is 4.89 Å². The van der Waals surface area contributed by atoms with Gasteiger partial charge in [-0.15, -0.1) is 10.2 Å². The molecule has 25 heavy (non-hydrogen) atoms. The third-order valence-corrected chi connectivity index (χ3v) is 4.41. The Hall–Kier alpha value is -2.65. The summed E-state index contributed by atoms with van der Waals surface area (Å²) in [5, 5.41) is 15.6. The summed E-state index contributed by atoms with van der Waals surface area (Å²) in [4.78, 5) is 9.84. The van der Waals surface area contributed by atoms with Crippen molar-refractivity contribution in [1.29, 1.82) is 0 Å². The van der Waals surface area contributed by atoms with Crippen LogP contribution >= 0.6 is 7.82 Å². The highest BCUT2D eigenvalue weighted by Gasteiger charge is 2.23. The highest BCUT2D eigenvalue weighted by Crippen LogP contribution is 2.44. The number of rotatable bonds is 6. The van der Waals surface area contributed by atoms with Gasteiger partial charge in [-0.05, 0) is 24.3 Å². The Bertz CT molecular complexity index is 995. The lowest BCUT2D eigenvalue weighted by molar-refractivity contribution is 0.0894. The quantitative estimate of drug-likeness (QED) is 0.518. The van der Waals surface area contributed by atoms with Crippen molar-refractivity contribution in [2.75, 3.05) is 0 Å². The molecule has 0 spiro atoms. The molecule has 0 aliphatic heterocycles. The molecule has 0 bridgehead atoms. The Balaban J connectivity index is 1.42. The lowest BCUT2D eigenvalue weighted by atomic mass is 10.3. The molecule has 0 amide bonds. The fourth-order valence-electron chi connectivity index (χ4n) is 2.32. The third-order valence-electron chi connectivity index (χ3n) is 3.53. The Kier molecular flexibility index (Phi) is 4.02. The number of benzene rings is 2. The first-order chi connectivity index (χ1) is 12.1. The van der Waals surface area contributed by atoms with Gasteiger partial charge >= 0.3 is 7.82 Å².